The molecule has 0 spiro atoms. The molecule has 1 rings (SSSR count). The molecule has 1 aliphatic rings. The van der Waals surface area contributed by atoms with Gasteiger partial charge in [0.25, 0.3) is 0 Å². The molecule has 60 valence electrons. The van der Waals surface area contributed by atoms with Crippen molar-refractivity contribution < 1.29 is 0 Å². The first-order chi connectivity index (χ1) is 4.93. The lowest BCUT2D eigenvalue weighted by atomic mass is 9.85. The zero-order valence-electron chi connectivity index (χ0n) is 6.47. The Bertz CT molecular complexity index is 81.3. The Morgan fingerprint density at radius 3 is 2.70 bits per heavy atom. The van der Waals surface area contributed by atoms with E-state index in [0.29, 0.717) is 0 Å². The van der Waals surface area contributed by atoms with E-state index in [1.807, 2.05) is 0 Å². The van der Waals surface area contributed by atoms with Gasteiger partial charge in [-0.05, 0) is 44.0 Å². The van der Waals surface area contributed by atoms with Crippen molar-refractivity contribution in [2.24, 2.45) is 5.92 Å². The molecule has 0 radical (unpaired) electrons. The van der Waals surface area contributed by atoms with E-state index >= 15 is 0 Å². The van der Waals surface area contributed by atoms with Crippen molar-refractivity contribution in [2.45, 2.75) is 25.7 Å². The summed E-state index contributed by atoms with van der Waals surface area (Å²) in [5.74, 6) is 2.01. The number of nitrogens with one attached hydrogen (secondary N) is 1. The van der Waals surface area contributed by atoms with Crippen LogP contribution in [0.3, 0.4) is 0 Å². The molecule has 0 aromatic heterocycles. The quantitative estimate of drug-likeness (QED) is 0.459. The Labute approximate surface area is 69.0 Å². The molecule has 0 heterocycles. The van der Waals surface area contributed by atoms with Gasteiger partial charge < -0.3 is 5.32 Å². The molecule has 0 aromatic carbocycles. The van der Waals surface area contributed by atoms with Crippen LogP contribution < -0.4 is 5.32 Å². The zero-order chi connectivity index (χ0) is 7.23. The molecule has 1 saturated carbocycles. The van der Waals surface area contributed by atoms with E-state index < -0.39 is 0 Å². The molecular weight excluding hydrogens is 142 g/mol. The van der Waals surface area contributed by atoms with Crippen molar-refractivity contribution in [3.8, 4) is 0 Å². The molecule has 0 amide bonds. The van der Waals surface area contributed by atoms with Gasteiger partial charge in [-0.25, -0.2) is 0 Å². The van der Waals surface area contributed by atoms with Gasteiger partial charge >= 0.3 is 0 Å². The molecular formula is C8H17NS. The first kappa shape index (κ1) is 8.41. The Hall–Kier alpha value is 0.310. The average Bonchev–Trinajstić information content (AvgIpc) is 1.84. The van der Waals surface area contributed by atoms with Gasteiger partial charge in [-0.2, -0.15) is 12.6 Å². The predicted molar refractivity (Wildman–Crippen MR) is 48.7 cm³/mol. The van der Waals surface area contributed by atoms with Crippen LogP contribution in [-0.4, -0.2) is 18.8 Å². The Morgan fingerprint density at radius 1 is 1.40 bits per heavy atom. The van der Waals surface area contributed by atoms with E-state index in [1.165, 1.54) is 32.2 Å². The van der Waals surface area contributed by atoms with Gasteiger partial charge in [0.15, 0.2) is 0 Å². The highest BCUT2D eigenvalue weighted by atomic mass is 32.1. The molecule has 0 aromatic rings. The summed E-state index contributed by atoms with van der Waals surface area (Å²) in [7, 11) is 0. The molecule has 1 N–H and O–H groups in total. The molecule has 0 aliphatic heterocycles. The third-order valence-electron chi connectivity index (χ3n) is 2.17. The number of thiol groups is 1. The van der Waals surface area contributed by atoms with E-state index in [9.17, 15) is 0 Å². The maximum Gasteiger partial charge on any atom is -0.00205 e. The van der Waals surface area contributed by atoms with E-state index in [0.717, 1.165) is 18.2 Å². The van der Waals surface area contributed by atoms with Gasteiger partial charge in [0.05, 0.1) is 0 Å². The van der Waals surface area contributed by atoms with Crippen molar-refractivity contribution in [2.75, 3.05) is 18.8 Å². The molecule has 1 fully saturated rings. The fourth-order valence-corrected chi connectivity index (χ4v) is 1.37. The van der Waals surface area contributed by atoms with Gasteiger partial charge in [-0.1, -0.05) is 6.42 Å². The van der Waals surface area contributed by atoms with Crippen LogP contribution in [0.25, 0.3) is 0 Å². The van der Waals surface area contributed by atoms with Gasteiger partial charge in [0.1, 0.15) is 0 Å². The minimum atomic E-state index is 1.000. The molecule has 2 heteroatoms. The van der Waals surface area contributed by atoms with Crippen molar-refractivity contribution in [3.63, 3.8) is 0 Å². The highest BCUT2D eigenvalue weighted by molar-refractivity contribution is 7.80. The van der Waals surface area contributed by atoms with Gasteiger partial charge in [-0.15, -0.1) is 0 Å². The van der Waals surface area contributed by atoms with E-state index in [2.05, 4.69) is 17.9 Å². The second kappa shape index (κ2) is 5.03. The molecule has 1 aliphatic carbocycles. The predicted octanol–water partition coefficient (Wildman–Crippen LogP) is 1.70. The Balaban J connectivity index is 1.76. The number of rotatable bonds is 5. The molecule has 10 heavy (non-hydrogen) atoms. The van der Waals surface area contributed by atoms with E-state index in [-0.39, 0.29) is 0 Å². The van der Waals surface area contributed by atoms with Crippen LogP contribution in [0.2, 0.25) is 0 Å². The standard InChI is InChI=1S/C8H17NS/c10-6-2-5-9-7-8-3-1-4-8/h8-10H,1-7H2. The summed E-state index contributed by atoms with van der Waals surface area (Å²) >= 11 is 4.14. The highest BCUT2D eigenvalue weighted by Crippen LogP contribution is 2.24. The van der Waals surface area contributed by atoms with E-state index in [4.69, 9.17) is 0 Å². The Morgan fingerprint density at radius 2 is 2.20 bits per heavy atom. The molecule has 1 nitrogen and oxygen atoms in total. The van der Waals surface area contributed by atoms with Crippen LogP contribution in [-0.2, 0) is 0 Å². The SMILES string of the molecule is SCCCNCC1CCC1. The molecule has 0 unspecified atom stereocenters. The Kier molecular flexibility index (Phi) is 4.23. The van der Waals surface area contributed by atoms with Gasteiger partial charge in [0.2, 0.25) is 0 Å². The summed E-state index contributed by atoms with van der Waals surface area (Å²) in [6.45, 7) is 2.40. The van der Waals surface area contributed by atoms with Crippen molar-refractivity contribution >= 4 is 12.6 Å². The number of hydrogen-bond acceptors (Lipinski definition) is 2. The lowest BCUT2D eigenvalue weighted by molar-refractivity contribution is 0.302. The first-order valence-electron chi connectivity index (χ1n) is 4.25. The normalized spacial score (nSPS) is 18.9. The van der Waals surface area contributed by atoms with Crippen molar-refractivity contribution in [3.05, 3.63) is 0 Å². The number of hydrogen-bond donors (Lipinski definition) is 2. The van der Waals surface area contributed by atoms with Crippen molar-refractivity contribution in [1.82, 2.24) is 5.32 Å². The van der Waals surface area contributed by atoms with Crippen LogP contribution in [0.1, 0.15) is 25.7 Å². The van der Waals surface area contributed by atoms with Crippen LogP contribution in [0.15, 0.2) is 0 Å². The minimum absolute atomic E-state index is 1.000. The van der Waals surface area contributed by atoms with Crippen LogP contribution in [0.5, 0.6) is 0 Å². The third kappa shape index (κ3) is 2.93. The van der Waals surface area contributed by atoms with Crippen molar-refractivity contribution in [1.29, 1.82) is 0 Å². The second-order valence-electron chi connectivity index (χ2n) is 3.08. The molecule has 0 atom stereocenters. The fraction of sp³-hybridized carbons (Fsp3) is 1.00. The summed E-state index contributed by atoms with van der Waals surface area (Å²) in [6, 6.07) is 0. The second-order valence-corrected chi connectivity index (χ2v) is 3.53. The third-order valence-corrected chi connectivity index (χ3v) is 2.49. The first-order valence-corrected chi connectivity index (χ1v) is 4.88. The highest BCUT2D eigenvalue weighted by Gasteiger charge is 2.15. The monoisotopic (exact) mass is 159 g/mol. The van der Waals surface area contributed by atoms with Crippen LogP contribution in [0, 0.1) is 5.92 Å². The maximum absolute atomic E-state index is 4.14. The lowest BCUT2D eigenvalue weighted by Gasteiger charge is -2.25. The van der Waals surface area contributed by atoms with Crippen LogP contribution >= 0.6 is 12.6 Å². The largest absolute Gasteiger partial charge is 0.316 e. The summed E-state index contributed by atoms with van der Waals surface area (Å²) < 4.78 is 0. The van der Waals surface area contributed by atoms with Gasteiger partial charge in [0, 0.05) is 0 Å². The maximum atomic E-state index is 4.14. The summed E-state index contributed by atoms with van der Waals surface area (Å²) in [6.07, 6.45) is 5.57. The smallest absolute Gasteiger partial charge is 0.00205 e. The summed E-state index contributed by atoms with van der Waals surface area (Å²) in [5, 5.41) is 3.44. The van der Waals surface area contributed by atoms with E-state index in [1.54, 1.807) is 0 Å². The molecule has 0 saturated heterocycles. The lowest BCUT2D eigenvalue weighted by Crippen LogP contribution is -2.28. The topological polar surface area (TPSA) is 12.0 Å². The molecule has 0 bridgehead atoms. The summed E-state index contributed by atoms with van der Waals surface area (Å²) in [5.41, 5.74) is 0. The average molecular weight is 159 g/mol. The van der Waals surface area contributed by atoms with Gasteiger partial charge in [-0.3, -0.25) is 0 Å². The zero-order valence-corrected chi connectivity index (χ0v) is 7.37. The fourth-order valence-electron chi connectivity index (χ4n) is 1.21. The minimum Gasteiger partial charge on any atom is -0.316 e. The van der Waals surface area contributed by atoms with Crippen LogP contribution in [0.4, 0.5) is 0 Å². The summed E-state index contributed by atoms with van der Waals surface area (Å²) in [4.78, 5) is 0.